The van der Waals surface area contributed by atoms with Crippen LogP contribution in [0, 0.1) is 17.8 Å². The minimum Gasteiger partial charge on any atom is -0.429 e. The zero-order valence-electron chi connectivity index (χ0n) is 18.5. The van der Waals surface area contributed by atoms with E-state index in [0.717, 1.165) is 32.6 Å². The van der Waals surface area contributed by atoms with E-state index in [9.17, 15) is 18.0 Å². The number of carbonyl (C=O) groups is 1. The average molecular weight is 427 g/mol. The van der Waals surface area contributed by atoms with Crippen LogP contribution in [0.4, 0.5) is 18.0 Å². The lowest BCUT2D eigenvalue weighted by molar-refractivity contribution is -0.265. The highest BCUT2D eigenvalue weighted by Gasteiger charge is 2.57. The highest BCUT2D eigenvalue weighted by Crippen LogP contribution is 2.53. The summed E-state index contributed by atoms with van der Waals surface area (Å²) in [7, 11) is 0.639. The van der Waals surface area contributed by atoms with Crippen LogP contribution in [0.3, 0.4) is 0 Å². The number of carbonyl (C=O) groups excluding carboxylic acids is 1. The molecule has 0 heterocycles. The SMILES string of the molecule is CC(C)(C)OC(=O)OC(C)(CC1CC2CCC1C2)C(F)(F)F.CO[Si](C)(C)C. The highest BCUT2D eigenvalue weighted by atomic mass is 28.4. The summed E-state index contributed by atoms with van der Waals surface area (Å²) in [4.78, 5) is 11.7. The van der Waals surface area contributed by atoms with Crippen molar-refractivity contribution in [1.29, 1.82) is 0 Å². The van der Waals surface area contributed by atoms with E-state index in [1.54, 1.807) is 27.9 Å². The Balaban J connectivity index is 0.000000568. The molecule has 4 atom stereocenters. The van der Waals surface area contributed by atoms with E-state index in [1.807, 2.05) is 0 Å². The van der Waals surface area contributed by atoms with E-state index in [2.05, 4.69) is 19.6 Å². The molecule has 0 radical (unpaired) electrons. The molecule has 2 fully saturated rings. The van der Waals surface area contributed by atoms with Gasteiger partial charge in [0.1, 0.15) is 5.60 Å². The summed E-state index contributed by atoms with van der Waals surface area (Å²) in [5, 5.41) is 0. The Kier molecular flexibility index (Phi) is 8.07. The second kappa shape index (κ2) is 8.94. The van der Waals surface area contributed by atoms with E-state index < -0.39 is 31.9 Å². The van der Waals surface area contributed by atoms with E-state index in [4.69, 9.17) is 13.9 Å². The monoisotopic (exact) mass is 426 g/mol. The zero-order valence-corrected chi connectivity index (χ0v) is 19.5. The van der Waals surface area contributed by atoms with Crippen molar-refractivity contribution in [3.8, 4) is 0 Å². The molecule has 0 saturated heterocycles. The topological polar surface area (TPSA) is 44.8 Å². The van der Waals surface area contributed by atoms with E-state index >= 15 is 0 Å². The third-order valence-corrected chi connectivity index (χ3v) is 6.67. The summed E-state index contributed by atoms with van der Waals surface area (Å²) < 4.78 is 55.1. The summed E-state index contributed by atoms with van der Waals surface area (Å²) >= 11 is 0. The van der Waals surface area contributed by atoms with Crippen LogP contribution in [-0.4, -0.2) is 39.0 Å². The summed E-state index contributed by atoms with van der Waals surface area (Å²) in [5.41, 5.74) is -3.36. The summed E-state index contributed by atoms with van der Waals surface area (Å²) in [5.74, 6) is 0.871. The maximum Gasteiger partial charge on any atom is 0.509 e. The quantitative estimate of drug-likeness (QED) is 0.377. The number of rotatable bonds is 4. The molecule has 0 aromatic carbocycles. The van der Waals surface area contributed by atoms with Crippen molar-refractivity contribution in [1.82, 2.24) is 0 Å². The van der Waals surface area contributed by atoms with E-state index in [1.165, 1.54) is 0 Å². The molecule has 2 bridgehead atoms. The van der Waals surface area contributed by atoms with Gasteiger partial charge >= 0.3 is 12.3 Å². The third kappa shape index (κ3) is 7.93. The second-order valence-electron chi connectivity index (χ2n) is 10.3. The molecule has 2 saturated carbocycles. The molecule has 0 spiro atoms. The Morgan fingerprint density at radius 2 is 1.54 bits per heavy atom. The van der Waals surface area contributed by atoms with Crippen molar-refractivity contribution in [2.45, 2.75) is 96.8 Å². The number of hydrogen-bond acceptors (Lipinski definition) is 4. The van der Waals surface area contributed by atoms with Crippen molar-refractivity contribution in [3.05, 3.63) is 0 Å². The predicted molar refractivity (Wildman–Crippen MR) is 106 cm³/mol. The maximum atomic E-state index is 13.5. The Hall–Kier alpha value is -0.763. The van der Waals surface area contributed by atoms with E-state index in [-0.39, 0.29) is 12.3 Å². The first kappa shape index (κ1) is 25.3. The van der Waals surface area contributed by atoms with Gasteiger partial charge in [-0.2, -0.15) is 13.2 Å². The van der Waals surface area contributed by atoms with Crippen molar-refractivity contribution < 1.29 is 31.9 Å². The van der Waals surface area contributed by atoms with Gasteiger partial charge in [0.05, 0.1) is 0 Å². The van der Waals surface area contributed by atoms with Crippen LogP contribution in [-0.2, 0) is 13.9 Å². The molecule has 2 rings (SSSR count). The number of alkyl halides is 3. The van der Waals surface area contributed by atoms with Crippen LogP contribution < -0.4 is 0 Å². The van der Waals surface area contributed by atoms with Gasteiger partial charge in [0.15, 0.2) is 8.32 Å². The molecular weight excluding hydrogens is 389 g/mol. The molecule has 28 heavy (non-hydrogen) atoms. The maximum absolute atomic E-state index is 13.5. The largest absolute Gasteiger partial charge is 0.509 e. The molecule has 0 aliphatic heterocycles. The molecule has 166 valence electrons. The number of hydrogen-bond donors (Lipinski definition) is 0. The first-order valence-electron chi connectivity index (χ1n) is 9.99. The van der Waals surface area contributed by atoms with Gasteiger partial charge in [0.25, 0.3) is 0 Å². The van der Waals surface area contributed by atoms with Gasteiger partial charge < -0.3 is 13.9 Å². The highest BCUT2D eigenvalue weighted by molar-refractivity contribution is 6.69. The zero-order chi connectivity index (χ0) is 22.0. The predicted octanol–water partition coefficient (Wildman–Crippen LogP) is 6.55. The molecular formula is C20H37F3O4Si. The van der Waals surface area contributed by atoms with Gasteiger partial charge in [-0.05, 0) is 90.8 Å². The first-order chi connectivity index (χ1) is 12.5. The summed E-state index contributed by atoms with van der Waals surface area (Å²) in [6.07, 6.45) is -2.08. The molecule has 0 N–H and O–H groups in total. The van der Waals surface area contributed by atoms with Crippen LogP contribution in [0.25, 0.3) is 0 Å². The third-order valence-electron chi connectivity index (χ3n) is 5.45. The van der Waals surface area contributed by atoms with Crippen molar-refractivity contribution in [2.75, 3.05) is 7.11 Å². The van der Waals surface area contributed by atoms with Gasteiger partial charge in [-0.3, -0.25) is 0 Å². The van der Waals surface area contributed by atoms with Gasteiger partial charge in [-0.15, -0.1) is 0 Å². The minimum absolute atomic E-state index is 0.0205. The number of halogens is 3. The van der Waals surface area contributed by atoms with Crippen LogP contribution in [0.1, 0.15) is 59.8 Å². The van der Waals surface area contributed by atoms with Crippen LogP contribution in [0.2, 0.25) is 19.6 Å². The fourth-order valence-corrected chi connectivity index (χ4v) is 3.80. The Morgan fingerprint density at radius 1 is 1.00 bits per heavy atom. The molecule has 0 aromatic rings. The summed E-state index contributed by atoms with van der Waals surface area (Å²) in [6.45, 7) is 12.2. The molecule has 2 aliphatic rings. The Bertz CT molecular complexity index is 525. The lowest BCUT2D eigenvalue weighted by Gasteiger charge is -2.36. The minimum atomic E-state index is -4.61. The smallest absolute Gasteiger partial charge is 0.429 e. The van der Waals surface area contributed by atoms with E-state index in [0.29, 0.717) is 11.8 Å². The molecule has 0 aromatic heterocycles. The van der Waals surface area contributed by atoms with Gasteiger partial charge in [0, 0.05) is 7.11 Å². The summed E-state index contributed by atoms with van der Waals surface area (Å²) in [6, 6.07) is 0. The Morgan fingerprint density at radius 3 is 1.86 bits per heavy atom. The lowest BCUT2D eigenvalue weighted by Crippen LogP contribution is -2.49. The first-order valence-corrected chi connectivity index (χ1v) is 13.4. The van der Waals surface area contributed by atoms with Crippen LogP contribution in [0.15, 0.2) is 0 Å². The molecule has 0 amide bonds. The van der Waals surface area contributed by atoms with Gasteiger partial charge in [0.2, 0.25) is 5.60 Å². The Labute approximate surface area is 168 Å². The second-order valence-corrected chi connectivity index (χ2v) is 14.9. The number of fused-ring (bicyclic) bond motifs is 2. The van der Waals surface area contributed by atoms with Crippen LogP contribution >= 0.6 is 0 Å². The van der Waals surface area contributed by atoms with Gasteiger partial charge in [-0.1, -0.05) is 6.42 Å². The lowest BCUT2D eigenvalue weighted by atomic mass is 9.80. The van der Waals surface area contributed by atoms with Crippen molar-refractivity contribution in [3.63, 3.8) is 0 Å². The fraction of sp³-hybridized carbons (Fsp3) is 0.950. The van der Waals surface area contributed by atoms with Crippen molar-refractivity contribution in [2.24, 2.45) is 17.8 Å². The molecule has 4 unspecified atom stereocenters. The van der Waals surface area contributed by atoms with Crippen LogP contribution in [0.5, 0.6) is 0 Å². The standard InChI is InChI=1S/C16H25F3O3.C4H12OSi/c1-14(2,3)21-13(20)22-15(4,16(17,18)19)9-12-8-10-5-6-11(12)7-10;1-5-6(2,3)4/h10-12H,5-9H2,1-4H3;1-4H3. The van der Waals surface area contributed by atoms with Crippen molar-refractivity contribution >= 4 is 14.5 Å². The molecule has 8 heteroatoms. The number of ether oxygens (including phenoxy) is 2. The average Bonchev–Trinajstić information content (AvgIpc) is 3.06. The normalized spacial score (nSPS) is 26.9. The van der Waals surface area contributed by atoms with Gasteiger partial charge in [-0.25, -0.2) is 4.79 Å². The molecule has 2 aliphatic carbocycles. The molecule has 4 nitrogen and oxygen atoms in total. The fourth-order valence-electron chi connectivity index (χ4n) is 3.80.